The molecule has 1 atom stereocenters. The second kappa shape index (κ2) is 7.47. The van der Waals surface area contributed by atoms with Gasteiger partial charge >= 0.3 is 0 Å². The molecule has 1 aromatic heterocycles. The van der Waals surface area contributed by atoms with Crippen LogP contribution in [0.2, 0.25) is 5.02 Å². The minimum atomic E-state index is -1.43. The predicted molar refractivity (Wildman–Crippen MR) is 108 cm³/mol. The molecule has 2 aromatic carbocycles. The van der Waals surface area contributed by atoms with Crippen molar-refractivity contribution in [3.63, 3.8) is 0 Å². The van der Waals surface area contributed by atoms with Crippen LogP contribution in [0.1, 0.15) is 43.3 Å². The van der Waals surface area contributed by atoms with Gasteiger partial charge in [0.05, 0.1) is 0 Å². The summed E-state index contributed by atoms with van der Waals surface area (Å²) in [5.74, 6) is 0.496. The molecule has 0 bridgehead atoms. The second-order valence-corrected chi connectivity index (χ2v) is 8.12. The fourth-order valence-corrected chi connectivity index (χ4v) is 3.33. The van der Waals surface area contributed by atoms with Gasteiger partial charge in [0.25, 0.3) is 0 Å². The third kappa shape index (κ3) is 3.79. The number of benzene rings is 2. The molecule has 3 rings (SSSR count). The molecule has 0 saturated heterocycles. The molecule has 27 heavy (non-hydrogen) atoms. The van der Waals surface area contributed by atoms with Gasteiger partial charge in [-0.3, -0.25) is 0 Å². The molecule has 0 aliphatic rings. The number of rotatable bonds is 5. The third-order valence-electron chi connectivity index (χ3n) is 4.74. The first kappa shape index (κ1) is 19.6. The minimum absolute atomic E-state index is 0.0332. The van der Waals surface area contributed by atoms with Gasteiger partial charge in [0.2, 0.25) is 0 Å². The van der Waals surface area contributed by atoms with E-state index >= 15 is 0 Å². The Labute approximate surface area is 165 Å². The molecule has 0 unspecified atom stereocenters. The van der Waals surface area contributed by atoms with E-state index in [2.05, 4.69) is 37.9 Å². The van der Waals surface area contributed by atoms with Crippen molar-refractivity contribution in [1.29, 1.82) is 0 Å². The summed E-state index contributed by atoms with van der Waals surface area (Å²) < 4.78 is 7.07. The molecule has 0 amide bonds. The Balaban J connectivity index is 2.18. The SMILES string of the molecule is COCn1ccnc1[C@](O)(c1ccc(Cl)cc1)c1ccc(C(C)(C)C)cc1. The van der Waals surface area contributed by atoms with Crippen molar-refractivity contribution in [3.8, 4) is 0 Å². The third-order valence-corrected chi connectivity index (χ3v) is 4.99. The van der Waals surface area contributed by atoms with Gasteiger partial charge in [-0.2, -0.15) is 0 Å². The number of hydrogen-bond donors (Lipinski definition) is 1. The summed E-state index contributed by atoms with van der Waals surface area (Å²) >= 11 is 6.06. The molecule has 142 valence electrons. The van der Waals surface area contributed by atoms with Gasteiger partial charge in [-0.15, -0.1) is 0 Å². The quantitative estimate of drug-likeness (QED) is 0.692. The monoisotopic (exact) mass is 384 g/mol. The van der Waals surface area contributed by atoms with E-state index in [1.54, 1.807) is 36.2 Å². The largest absolute Gasteiger partial charge is 0.373 e. The van der Waals surface area contributed by atoms with Crippen LogP contribution in [0, 0.1) is 0 Å². The highest BCUT2D eigenvalue weighted by Crippen LogP contribution is 2.37. The Hall–Kier alpha value is -2.14. The number of aromatic nitrogens is 2. The molecule has 4 nitrogen and oxygen atoms in total. The van der Waals surface area contributed by atoms with Gasteiger partial charge in [0.15, 0.2) is 11.4 Å². The van der Waals surface area contributed by atoms with Gasteiger partial charge in [-0.05, 0) is 34.2 Å². The topological polar surface area (TPSA) is 47.3 Å². The van der Waals surface area contributed by atoms with Crippen LogP contribution in [0.5, 0.6) is 0 Å². The highest BCUT2D eigenvalue weighted by atomic mass is 35.5. The molecule has 0 aliphatic heterocycles. The maximum atomic E-state index is 11.9. The Morgan fingerprint density at radius 1 is 0.963 bits per heavy atom. The van der Waals surface area contributed by atoms with Gasteiger partial charge in [0.1, 0.15) is 6.73 Å². The van der Waals surface area contributed by atoms with E-state index in [9.17, 15) is 5.11 Å². The molecule has 3 aromatic rings. The van der Waals surface area contributed by atoms with Crippen molar-refractivity contribution >= 4 is 11.6 Å². The van der Waals surface area contributed by atoms with E-state index in [0.717, 1.165) is 5.56 Å². The number of hydrogen-bond acceptors (Lipinski definition) is 3. The highest BCUT2D eigenvalue weighted by Gasteiger charge is 2.38. The summed E-state index contributed by atoms with van der Waals surface area (Å²) in [5.41, 5.74) is 1.24. The summed E-state index contributed by atoms with van der Waals surface area (Å²) in [6.45, 7) is 6.79. The summed E-state index contributed by atoms with van der Waals surface area (Å²) in [4.78, 5) is 4.45. The molecule has 0 spiro atoms. The first-order valence-electron chi connectivity index (χ1n) is 8.87. The van der Waals surface area contributed by atoms with Crippen LogP contribution < -0.4 is 0 Å². The minimum Gasteiger partial charge on any atom is -0.373 e. The Kier molecular flexibility index (Phi) is 5.43. The van der Waals surface area contributed by atoms with E-state index in [-0.39, 0.29) is 5.41 Å². The van der Waals surface area contributed by atoms with Crippen LogP contribution in [0.25, 0.3) is 0 Å². The first-order valence-corrected chi connectivity index (χ1v) is 9.24. The second-order valence-electron chi connectivity index (χ2n) is 7.68. The zero-order chi connectivity index (χ0) is 19.7. The zero-order valence-electron chi connectivity index (χ0n) is 16.1. The van der Waals surface area contributed by atoms with Crippen molar-refractivity contribution in [2.45, 2.75) is 38.5 Å². The Morgan fingerprint density at radius 3 is 2.00 bits per heavy atom. The standard InChI is InChI=1S/C22H25ClN2O2/c1-21(2,3)16-5-7-17(8-6-16)22(26,18-9-11-19(23)12-10-18)20-24-13-14-25(20)15-27-4/h5-14,26H,15H2,1-4H3/t22-/m1/s1. The van der Waals surface area contributed by atoms with E-state index in [0.29, 0.717) is 23.1 Å². The van der Waals surface area contributed by atoms with Crippen LogP contribution in [0.4, 0.5) is 0 Å². The lowest BCUT2D eigenvalue weighted by molar-refractivity contribution is 0.0845. The lowest BCUT2D eigenvalue weighted by atomic mass is 9.82. The number of halogens is 1. The summed E-state index contributed by atoms with van der Waals surface area (Å²) in [5, 5.41) is 12.5. The van der Waals surface area contributed by atoms with Crippen LogP contribution in [0.3, 0.4) is 0 Å². The van der Waals surface area contributed by atoms with Crippen LogP contribution in [-0.2, 0) is 22.5 Å². The van der Waals surface area contributed by atoms with Gasteiger partial charge in [-0.25, -0.2) is 4.98 Å². The summed E-state index contributed by atoms with van der Waals surface area (Å²) in [6.07, 6.45) is 3.46. The van der Waals surface area contributed by atoms with Crippen molar-refractivity contribution in [3.05, 3.63) is 88.5 Å². The molecule has 0 aliphatic carbocycles. The van der Waals surface area contributed by atoms with Crippen LogP contribution in [-0.4, -0.2) is 21.8 Å². The molecule has 0 fully saturated rings. The van der Waals surface area contributed by atoms with Crippen LogP contribution in [0.15, 0.2) is 60.9 Å². The highest BCUT2D eigenvalue weighted by molar-refractivity contribution is 6.30. The fourth-order valence-electron chi connectivity index (χ4n) is 3.20. The lowest BCUT2D eigenvalue weighted by Crippen LogP contribution is -2.33. The number of methoxy groups -OCH3 is 1. The summed E-state index contributed by atoms with van der Waals surface area (Å²) in [7, 11) is 1.61. The van der Waals surface area contributed by atoms with Gasteiger partial charge in [0, 0.05) is 24.5 Å². The summed E-state index contributed by atoms with van der Waals surface area (Å²) in [6, 6.07) is 15.2. The normalized spacial score (nSPS) is 14.1. The first-order chi connectivity index (χ1) is 12.8. The maximum absolute atomic E-state index is 11.9. The van der Waals surface area contributed by atoms with Crippen molar-refractivity contribution in [1.82, 2.24) is 9.55 Å². The maximum Gasteiger partial charge on any atom is 0.173 e. The van der Waals surface area contributed by atoms with Gasteiger partial charge in [-0.1, -0.05) is 68.8 Å². The molecule has 1 heterocycles. The fraction of sp³-hybridized carbons (Fsp3) is 0.318. The number of nitrogens with zero attached hydrogens (tertiary/aromatic N) is 2. The van der Waals surface area contributed by atoms with Crippen molar-refractivity contribution < 1.29 is 9.84 Å². The molecule has 1 N–H and O–H groups in total. The molecule has 5 heteroatoms. The molecule has 0 radical (unpaired) electrons. The average molecular weight is 385 g/mol. The number of imidazole rings is 1. The smallest absolute Gasteiger partial charge is 0.173 e. The predicted octanol–water partition coefficient (Wildman–Crippen LogP) is 4.72. The molecular formula is C22H25ClN2O2. The van der Waals surface area contributed by atoms with E-state index in [1.165, 1.54) is 5.56 Å². The molecule has 0 saturated carbocycles. The lowest BCUT2D eigenvalue weighted by Gasteiger charge is -2.30. The van der Waals surface area contributed by atoms with Gasteiger partial charge < -0.3 is 14.4 Å². The number of aliphatic hydroxyl groups is 1. The zero-order valence-corrected chi connectivity index (χ0v) is 16.9. The van der Waals surface area contributed by atoms with E-state index in [4.69, 9.17) is 16.3 Å². The van der Waals surface area contributed by atoms with Crippen molar-refractivity contribution in [2.75, 3.05) is 7.11 Å². The van der Waals surface area contributed by atoms with Crippen molar-refractivity contribution in [2.24, 2.45) is 0 Å². The van der Waals surface area contributed by atoms with Crippen LogP contribution >= 0.6 is 11.6 Å². The number of ether oxygens (including phenoxy) is 1. The Morgan fingerprint density at radius 2 is 1.48 bits per heavy atom. The average Bonchev–Trinajstić information content (AvgIpc) is 3.10. The van der Waals surface area contributed by atoms with E-state index in [1.807, 2.05) is 24.3 Å². The molecular weight excluding hydrogens is 360 g/mol. The van der Waals surface area contributed by atoms with E-state index < -0.39 is 5.60 Å². The Bertz CT molecular complexity index is 895.